The molecule has 0 N–H and O–H groups in total. The molecule has 2 heterocycles. The Hall–Kier alpha value is -3.07. The first kappa shape index (κ1) is 16.4. The molecule has 0 amide bonds. The fraction of sp³-hybridized carbons (Fsp3) is 0.174. The van der Waals surface area contributed by atoms with Gasteiger partial charge in [0, 0.05) is 17.8 Å². The van der Waals surface area contributed by atoms with E-state index >= 15 is 0 Å². The van der Waals surface area contributed by atoms with Gasteiger partial charge in [-0.25, -0.2) is 0 Å². The number of rotatable bonds is 2. The topological polar surface area (TPSA) is 29.7 Å². The maximum atomic E-state index is 4.51. The van der Waals surface area contributed by atoms with Gasteiger partial charge in [0.15, 0.2) is 6.20 Å². The molecule has 0 bridgehead atoms. The monoisotopic (exact) mass is 340 g/mol. The lowest BCUT2D eigenvalue weighted by molar-refractivity contribution is -0.658. The van der Waals surface area contributed by atoms with Crippen molar-refractivity contribution in [1.82, 2.24) is 9.97 Å². The summed E-state index contributed by atoms with van der Waals surface area (Å²) in [5.74, 6) is 0. The van der Waals surface area contributed by atoms with E-state index in [1.807, 2.05) is 6.20 Å². The third-order valence-corrected chi connectivity index (χ3v) is 5.05. The van der Waals surface area contributed by atoms with Gasteiger partial charge in [0.05, 0.1) is 28.4 Å². The van der Waals surface area contributed by atoms with Crippen molar-refractivity contribution < 1.29 is 4.57 Å². The molecule has 26 heavy (non-hydrogen) atoms. The van der Waals surface area contributed by atoms with Crippen LogP contribution < -0.4 is 4.57 Å². The highest BCUT2D eigenvalue weighted by Crippen LogP contribution is 2.34. The summed E-state index contributed by atoms with van der Waals surface area (Å²) >= 11 is 0. The van der Waals surface area contributed by atoms with Crippen LogP contribution >= 0.6 is 0 Å². The number of benzene rings is 2. The lowest BCUT2D eigenvalue weighted by Crippen LogP contribution is -2.31. The fourth-order valence-corrected chi connectivity index (χ4v) is 3.71. The molecule has 3 nitrogen and oxygen atoms in total. The molecule has 2 aromatic carbocycles. The molecule has 128 valence electrons. The molecule has 0 radical (unpaired) electrons. The molecule has 0 atom stereocenters. The Bertz CT molecular complexity index is 1120. The average Bonchev–Trinajstić information content (AvgIpc) is 2.65. The van der Waals surface area contributed by atoms with Crippen LogP contribution in [0.4, 0.5) is 0 Å². The molecular weight excluding hydrogens is 318 g/mol. The van der Waals surface area contributed by atoms with Gasteiger partial charge < -0.3 is 0 Å². The van der Waals surface area contributed by atoms with Gasteiger partial charge in [-0.15, -0.1) is 0 Å². The van der Waals surface area contributed by atoms with E-state index in [0.717, 1.165) is 11.3 Å². The number of nitrogens with zero attached hydrogens (tertiary/aromatic N) is 3. The highest BCUT2D eigenvalue weighted by Gasteiger charge is 2.21. The largest absolute Gasteiger partial charge is 0.261 e. The lowest BCUT2D eigenvalue weighted by atomic mass is 9.93. The van der Waals surface area contributed by atoms with E-state index in [9.17, 15) is 0 Å². The van der Waals surface area contributed by atoms with E-state index in [-0.39, 0.29) is 0 Å². The molecule has 0 spiro atoms. The number of aryl methyl sites for hydroxylation is 3. The van der Waals surface area contributed by atoms with Crippen LogP contribution in [-0.4, -0.2) is 9.97 Å². The summed E-state index contributed by atoms with van der Waals surface area (Å²) < 4.78 is 2.22. The first-order chi connectivity index (χ1) is 12.6. The van der Waals surface area contributed by atoms with Crippen LogP contribution in [0.5, 0.6) is 0 Å². The highest BCUT2D eigenvalue weighted by molar-refractivity contribution is 6.01. The van der Waals surface area contributed by atoms with Crippen LogP contribution in [0.15, 0.2) is 61.2 Å². The summed E-state index contributed by atoms with van der Waals surface area (Å²) in [5, 5.41) is 2.42. The summed E-state index contributed by atoms with van der Waals surface area (Å²) in [4.78, 5) is 8.76. The van der Waals surface area contributed by atoms with Crippen molar-refractivity contribution in [3.63, 3.8) is 0 Å². The SMILES string of the molecule is Cc1cc(C)c(C)c(-c2c3ccccc3c(-c3cnccn3)c[n+]2C)c1. The van der Waals surface area contributed by atoms with Crippen LogP contribution in [0, 0.1) is 20.8 Å². The molecule has 0 saturated carbocycles. The van der Waals surface area contributed by atoms with Crippen LogP contribution in [0.3, 0.4) is 0 Å². The first-order valence-corrected chi connectivity index (χ1v) is 8.82. The zero-order chi connectivity index (χ0) is 18.3. The van der Waals surface area contributed by atoms with E-state index in [1.165, 1.54) is 38.7 Å². The summed E-state index contributed by atoms with van der Waals surface area (Å²) in [6.07, 6.45) is 7.44. The van der Waals surface area contributed by atoms with Crippen molar-refractivity contribution in [2.75, 3.05) is 0 Å². The molecule has 2 aromatic heterocycles. The second-order valence-corrected chi connectivity index (χ2v) is 6.89. The van der Waals surface area contributed by atoms with Gasteiger partial charge >= 0.3 is 0 Å². The molecule has 3 heteroatoms. The van der Waals surface area contributed by atoms with E-state index < -0.39 is 0 Å². The van der Waals surface area contributed by atoms with Crippen molar-refractivity contribution in [2.24, 2.45) is 7.05 Å². The summed E-state index contributed by atoms with van der Waals surface area (Å²) in [7, 11) is 2.11. The minimum absolute atomic E-state index is 0.892. The first-order valence-electron chi connectivity index (χ1n) is 8.82. The molecule has 0 fully saturated rings. The van der Waals surface area contributed by atoms with Crippen LogP contribution in [0.25, 0.3) is 33.3 Å². The van der Waals surface area contributed by atoms with E-state index in [1.54, 1.807) is 12.4 Å². The zero-order valence-electron chi connectivity index (χ0n) is 15.6. The molecule has 0 unspecified atom stereocenters. The van der Waals surface area contributed by atoms with Gasteiger partial charge in [0.2, 0.25) is 5.69 Å². The van der Waals surface area contributed by atoms with Crippen molar-refractivity contribution in [3.05, 3.63) is 77.9 Å². The number of fused-ring (bicyclic) bond motifs is 1. The maximum absolute atomic E-state index is 4.51. The van der Waals surface area contributed by atoms with Gasteiger partial charge in [-0.2, -0.15) is 4.57 Å². The Labute approximate surface area is 154 Å². The second kappa shape index (κ2) is 6.34. The third-order valence-electron chi connectivity index (χ3n) is 5.05. The Morgan fingerprint density at radius 1 is 0.885 bits per heavy atom. The maximum Gasteiger partial charge on any atom is 0.220 e. The average molecular weight is 340 g/mol. The Balaban J connectivity index is 2.10. The van der Waals surface area contributed by atoms with E-state index in [0.29, 0.717) is 0 Å². The van der Waals surface area contributed by atoms with E-state index in [4.69, 9.17) is 0 Å². The fourth-order valence-electron chi connectivity index (χ4n) is 3.71. The van der Waals surface area contributed by atoms with Crippen molar-refractivity contribution >= 4 is 10.8 Å². The summed E-state index contributed by atoms with van der Waals surface area (Å²) in [5.41, 5.74) is 8.44. The van der Waals surface area contributed by atoms with Crippen LogP contribution in [-0.2, 0) is 7.05 Å². The molecule has 4 aromatic rings. The number of hydrogen-bond acceptors (Lipinski definition) is 2. The van der Waals surface area contributed by atoms with Gasteiger partial charge in [0.25, 0.3) is 0 Å². The molecular formula is C23H22N3+. The van der Waals surface area contributed by atoms with Gasteiger partial charge in [-0.3, -0.25) is 9.97 Å². The number of hydrogen-bond donors (Lipinski definition) is 0. The standard InChI is InChI=1S/C23H22N3/c1-15-11-16(2)17(3)20(12-15)23-19-8-6-5-7-18(19)21(14-26(23)4)22-13-24-9-10-25-22/h5-14H,1-4H3/q+1. The quantitative estimate of drug-likeness (QED) is 0.495. The summed E-state index contributed by atoms with van der Waals surface area (Å²) in [6, 6.07) is 13.1. The second-order valence-electron chi connectivity index (χ2n) is 6.89. The Morgan fingerprint density at radius 3 is 2.38 bits per heavy atom. The van der Waals surface area contributed by atoms with Crippen LogP contribution in [0.2, 0.25) is 0 Å². The van der Waals surface area contributed by atoms with Crippen molar-refractivity contribution in [2.45, 2.75) is 20.8 Å². The molecule has 0 aliphatic rings. The minimum Gasteiger partial charge on any atom is -0.261 e. The highest BCUT2D eigenvalue weighted by atomic mass is 14.9. The van der Waals surface area contributed by atoms with Crippen molar-refractivity contribution in [1.29, 1.82) is 0 Å². The molecule has 0 aliphatic heterocycles. The predicted octanol–water partition coefficient (Wildman–Crippen LogP) is 4.71. The lowest BCUT2D eigenvalue weighted by Gasteiger charge is -2.13. The minimum atomic E-state index is 0.892. The zero-order valence-corrected chi connectivity index (χ0v) is 15.6. The normalized spacial score (nSPS) is 11.1. The Morgan fingerprint density at radius 2 is 1.65 bits per heavy atom. The predicted molar refractivity (Wildman–Crippen MR) is 106 cm³/mol. The van der Waals surface area contributed by atoms with Crippen molar-refractivity contribution in [3.8, 4) is 22.5 Å². The molecule has 0 aliphatic carbocycles. The van der Waals surface area contributed by atoms with Gasteiger partial charge in [-0.1, -0.05) is 29.8 Å². The van der Waals surface area contributed by atoms with E-state index in [2.05, 4.69) is 84.9 Å². The number of pyridine rings is 1. The number of aromatic nitrogens is 3. The van der Waals surface area contributed by atoms with Crippen LogP contribution in [0.1, 0.15) is 16.7 Å². The Kier molecular flexibility index (Phi) is 4.00. The molecule has 0 saturated heterocycles. The third kappa shape index (κ3) is 2.66. The smallest absolute Gasteiger partial charge is 0.220 e. The van der Waals surface area contributed by atoms with Gasteiger partial charge in [0.1, 0.15) is 7.05 Å². The van der Waals surface area contributed by atoms with Gasteiger partial charge in [-0.05, 0) is 44.0 Å². The summed E-state index contributed by atoms with van der Waals surface area (Å²) in [6.45, 7) is 6.55. The molecule has 4 rings (SSSR count).